The van der Waals surface area contributed by atoms with Gasteiger partial charge in [-0.15, -0.1) is 0 Å². The van der Waals surface area contributed by atoms with Crippen LogP contribution in [0.25, 0.3) is 0 Å². The van der Waals surface area contributed by atoms with E-state index in [2.05, 4.69) is 22.6 Å². The van der Waals surface area contributed by atoms with Crippen LogP contribution in [0.1, 0.15) is 20.3 Å². The Bertz CT molecular complexity index is 409. The Morgan fingerprint density at radius 2 is 2.05 bits per heavy atom. The molecule has 5 atom stereocenters. The second-order valence-corrected chi connectivity index (χ2v) is 6.25. The van der Waals surface area contributed by atoms with E-state index >= 15 is 0 Å². The van der Waals surface area contributed by atoms with E-state index < -0.39 is 0 Å². The molecule has 19 heavy (non-hydrogen) atoms. The fourth-order valence-corrected chi connectivity index (χ4v) is 4.10. The van der Waals surface area contributed by atoms with Gasteiger partial charge in [0.25, 0.3) is 0 Å². The minimum Gasteiger partial charge on any atom is -0.465 e. The average molecular weight is 382 g/mol. The zero-order valence-corrected chi connectivity index (χ0v) is 12.8. The van der Waals surface area contributed by atoms with Crippen LogP contribution in [0.15, 0.2) is 0 Å². The van der Waals surface area contributed by atoms with Crippen molar-refractivity contribution in [1.29, 1.82) is 0 Å². The number of alkyl halides is 1. The van der Waals surface area contributed by atoms with Gasteiger partial charge in [-0.3, -0.25) is 14.4 Å². The van der Waals surface area contributed by atoms with Crippen LogP contribution >= 0.6 is 22.6 Å². The van der Waals surface area contributed by atoms with Crippen molar-refractivity contribution < 1.29 is 28.6 Å². The first-order chi connectivity index (χ1) is 8.90. The molecule has 1 saturated heterocycles. The zero-order valence-electron chi connectivity index (χ0n) is 10.6. The largest absolute Gasteiger partial charge is 0.465 e. The van der Waals surface area contributed by atoms with Crippen molar-refractivity contribution in [2.75, 3.05) is 6.61 Å². The molecule has 0 amide bonds. The van der Waals surface area contributed by atoms with E-state index in [0.717, 1.165) is 0 Å². The van der Waals surface area contributed by atoms with Gasteiger partial charge >= 0.3 is 17.9 Å². The Kier molecular flexibility index (Phi) is 4.32. The molecule has 1 aliphatic heterocycles. The molecule has 0 spiro atoms. The first-order valence-corrected chi connectivity index (χ1v) is 7.29. The molecule has 0 aromatic rings. The molecular weight excluding hydrogens is 367 g/mol. The van der Waals surface area contributed by atoms with Crippen LogP contribution < -0.4 is 0 Å². The van der Waals surface area contributed by atoms with Gasteiger partial charge in [0.05, 0.1) is 17.0 Å². The molecule has 0 radical (unpaired) electrons. The first kappa shape index (κ1) is 14.5. The average Bonchev–Trinajstić information content (AvgIpc) is 2.76. The van der Waals surface area contributed by atoms with Crippen LogP contribution in [0.5, 0.6) is 0 Å². The second kappa shape index (κ2) is 5.64. The van der Waals surface area contributed by atoms with Gasteiger partial charge in [0.2, 0.25) is 0 Å². The molecule has 1 aliphatic carbocycles. The molecule has 0 aromatic heterocycles. The summed E-state index contributed by atoms with van der Waals surface area (Å²) in [7, 11) is 0. The number of carbonyl (C=O) groups is 3. The summed E-state index contributed by atoms with van der Waals surface area (Å²) < 4.78 is 15.5. The maximum Gasteiger partial charge on any atom is 0.306 e. The number of fused-ring (bicyclic) bond motifs is 1. The van der Waals surface area contributed by atoms with Crippen molar-refractivity contribution in [2.24, 2.45) is 11.8 Å². The molecule has 1 heterocycles. The molecule has 2 fully saturated rings. The number of carbonyl (C=O) groups excluding carboxylic acids is 3. The van der Waals surface area contributed by atoms with Crippen LogP contribution in [0.2, 0.25) is 0 Å². The summed E-state index contributed by atoms with van der Waals surface area (Å²) in [6.07, 6.45) is -0.369. The topological polar surface area (TPSA) is 78.9 Å². The summed E-state index contributed by atoms with van der Waals surface area (Å²) in [4.78, 5) is 33.5. The molecule has 0 N–H and O–H groups in total. The molecule has 1 saturated carbocycles. The van der Waals surface area contributed by atoms with E-state index in [0.29, 0.717) is 0 Å². The highest BCUT2D eigenvalue weighted by Gasteiger charge is 2.57. The summed E-state index contributed by atoms with van der Waals surface area (Å²) in [5.74, 6) is -1.26. The first-order valence-electron chi connectivity index (χ1n) is 6.04. The Morgan fingerprint density at radius 3 is 2.63 bits per heavy atom. The van der Waals surface area contributed by atoms with E-state index in [4.69, 9.17) is 14.2 Å². The van der Waals surface area contributed by atoms with Crippen LogP contribution in [0.3, 0.4) is 0 Å². The van der Waals surface area contributed by atoms with E-state index in [1.54, 1.807) is 0 Å². The van der Waals surface area contributed by atoms with Gasteiger partial charge in [-0.2, -0.15) is 0 Å². The van der Waals surface area contributed by atoms with Crippen molar-refractivity contribution >= 4 is 40.5 Å². The number of hydrogen-bond donors (Lipinski definition) is 0. The lowest BCUT2D eigenvalue weighted by Crippen LogP contribution is -2.34. The molecule has 7 heteroatoms. The van der Waals surface area contributed by atoms with Gasteiger partial charge in [0.1, 0.15) is 12.2 Å². The van der Waals surface area contributed by atoms with Gasteiger partial charge < -0.3 is 14.2 Å². The van der Waals surface area contributed by atoms with Crippen LogP contribution in [0.4, 0.5) is 0 Å². The third-order valence-corrected chi connectivity index (χ3v) is 4.89. The number of esters is 3. The predicted octanol–water partition coefficient (Wildman–Crippen LogP) is 0.846. The SMILES string of the molecule is CC(=O)OC[C@H]1[C@H]2CC(=O)O[C@H]2[C@H](I)[C@H]1OC(C)=O. The van der Waals surface area contributed by atoms with Crippen LogP contribution in [0, 0.1) is 11.8 Å². The smallest absolute Gasteiger partial charge is 0.306 e. The molecule has 106 valence electrons. The lowest BCUT2D eigenvalue weighted by molar-refractivity contribution is -0.152. The summed E-state index contributed by atoms with van der Waals surface area (Å²) in [5.41, 5.74) is 0. The van der Waals surface area contributed by atoms with Gasteiger partial charge in [-0.05, 0) is 0 Å². The van der Waals surface area contributed by atoms with E-state index in [1.807, 2.05) is 0 Å². The van der Waals surface area contributed by atoms with Crippen LogP contribution in [-0.4, -0.2) is 40.6 Å². The molecule has 2 aliphatic rings. The van der Waals surface area contributed by atoms with E-state index in [-0.39, 0.29) is 58.9 Å². The maximum atomic E-state index is 11.4. The van der Waals surface area contributed by atoms with Crippen molar-refractivity contribution in [2.45, 2.75) is 36.4 Å². The Balaban J connectivity index is 2.14. The minimum atomic E-state index is -0.389. The summed E-state index contributed by atoms with van der Waals surface area (Å²) in [5, 5.41) is 0. The van der Waals surface area contributed by atoms with Crippen molar-refractivity contribution in [3.05, 3.63) is 0 Å². The molecular formula is C12H15IO6. The normalized spacial score (nSPS) is 36.6. The monoisotopic (exact) mass is 382 g/mol. The van der Waals surface area contributed by atoms with Crippen LogP contribution in [-0.2, 0) is 28.6 Å². The highest BCUT2D eigenvalue weighted by molar-refractivity contribution is 14.1. The Hall–Kier alpha value is -0.860. The van der Waals surface area contributed by atoms with Crippen molar-refractivity contribution in [1.82, 2.24) is 0 Å². The predicted molar refractivity (Wildman–Crippen MR) is 71.5 cm³/mol. The van der Waals surface area contributed by atoms with E-state index in [9.17, 15) is 14.4 Å². The second-order valence-electron chi connectivity index (χ2n) is 4.81. The minimum absolute atomic E-state index is 0.0573. The number of halogens is 1. The number of rotatable bonds is 3. The quantitative estimate of drug-likeness (QED) is 0.312. The van der Waals surface area contributed by atoms with Gasteiger partial charge in [-0.25, -0.2) is 0 Å². The molecule has 2 rings (SSSR count). The Morgan fingerprint density at radius 1 is 1.37 bits per heavy atom. The van der Waals surface area contributed by atoms with E-state index in [1.165, 1.54) is 13.8 Å². The fraction of sp³-hybridized carbons (Fsp3) is 0.750. The van der Waals surface area contributed by atoms with Gasteiger partial charge in [0, 0.05) is 25.7 Å². The standard InChI is InChI=1S/C12H15IO6/c1-5(14)17-4-8-7-3-9(16)19-11(7)10(13)12(8)18-6(2)15/h7-8,10-12H,3-4H2,1-2H3/t7-,8+,10+,11-,12+/m1/s1. The lowest BCUT2D eigenvalue weighted by Gasteiger charge is -2.23. The summed E-state index contributed by atoms with van der Waals surface area (Å²) in [6, 6.07) is 0. The van der Waals surface area contributed by atoms with Crippen molar-refractivity contribution in [3.8, 4) is 0 Å². The number of ether oxygens (including phenoxy) is 3. The lowest BCUT2D eigenvalue weighted by atomic mass is 9.93. The summed E-state index contributed by atoms with van der Waals surface area (Å²) >= 11 is 2.13. The summed E-state index contributed by atoms with van der Waals surface area (Å²) in [6.45, 7) is 2.81. The fourth-order valence-electron chi connectivity index (χ4n) is 2.73. The van der Waals surface area contributed by atoms with Gasteiger partial charge in [0.15, 0.2) is 0 Å². The highest BCUT2D eigenvalue weighted by Crippen LogP contribution is 2.46. The third kappa shape index (κ3) is 3.01. The molecule has 0 unspecified atom stereocenters. The molecule has 6 nitrogen and oxygen atoms in total. The zero-order chi connectivity index (χ0) is 14.2. The number of hydrogen-bond acceptors (Lipinski definition) is 6. The maximum absolute atomic E-state index is 11.4. The molecule has 0 aromatic carbocycles. The van der Waals surface area contributed by atoms with Crippen molar-refractivity contribution in [3.63, 3.8) is 0 Å². The van der Waals surface area contributed by atoms with Gasteiger partial charge in [-0.1, -0.05) is 22.6 Å². The Labute approximate surface area is 124 Å². The highest BCUT2D eigenvalue weighted by atomic mass is 127. The molecule has 0 bridgehead atoms. The third-order valence-electron chi connectivity index (χ3n) is 3.47.